The highest BCUT2D eigenvalue weighted by molar-refractivity contribution is 5.78. The summed E-state index contributed by atoms with van der Waals surface area (Å²) in [6.07, 6.45) is 3.30. The van der Waals surface area contributed by atoms with Crippen LogP contribution in [0.25, 0.3) is 10.9 Å². The quantitative estimate of drug-likeness (QED) is 0.596. The summed E-state index contributed by atoms with van der Waals surface area (Å²) in [5, 5.41) is 11.0. The lowest BCUT2D eigenvalue weighted by molar-refractivity contribution is 0.637. The number of hydrogen-bond acceptors (Lipinski definition) is 4. The predicted molar refractivity (Wildman–Crippen MR) is 81.0 cm³/mol. The molecule has 21 heavy (non-hydrogen) atoms. The van der Waals surface area contributed by atoms with Crippen molar-refractivity contribution in [3.63, 3.8) is 0 Å². The molecule has 0 saturated carbocycles. The Morgan fingerprint density at radius 2 is 2.14 bits per heavy atom. The van der Waals surface area contributed by atoms with Crippen LogP contribution in [0, 0.1) is 0 Å². The summed E-state index contributed by atoms with van der Waals surface area (Å²) in [5.41, 5.74) is 1.60. The Morgan fingerprint density at radius 3 is 3.00 bits per heavy atom. The highest BCUT2D eigenvalue weighted by Gasteiger charge is 2.02. The SMILES string of the molecule is O=c1[nH]c2ccccc2cc1CNCCCc1ncn[nH]1. The van der Waals surface area contributed by atoms with Crippen molar-refractivity contribution in [2.75, 3.05) is 6.54 Å². The van der Waals surface area contributed by atoms with Gasteiger partial charge in [-0.05, 0) is 30.5 Å². The molecule has 3 rings (SSSR count). The normalized spacial score (nSPS) is 11.0. The number of pyridine rings is 1. The second-order valence-electron chi connectivity index (χ2n) is 4.92. The maximum Gasteiger partial charge on any atom is 0.252 e. The van der Waals surface area contributed by atoms with Crippen LogP contribution in [0.5, 0.6) is 0 Å². The van der Waals surface area contributed by atoms with E-state index in [4.69, 9.17) is 0 Å². The number of aromatic nitrogens is 4. The summed E-state index contributed by atoms with van der Waals surface area (Å²) in [4.78, 5) is 18.9. The molecule has 0 spiro atoms. The van der Waals surface area contributed by atoms with Gasteiger partial charge < -0.3 is 10.3 Å². The first kappa shape index (κ1) is 13.5. The van der Waals surface area contributed by atoms with Gasteiger partial charge in [-0.3, -0.25) is 9.89 Å². The van der Waals surface area contributed by atoms with Gasteiger partial charge in [0.2, 0.25) is 0 Å². The number of nitrogens with zero attached hydrogens (tertiary/aromatic N) is 2. The van der Waals surface area contributed by atoms with Crippen LogP contribution in [0.1, 0.15) is 17.8 Å². The van der Waals surface area contributed by atoms with Crippen molar-refractivity contribution in [3.8, 4) is 0 Å². The lowest BCUT2D eigenvalue weighted by atomic mass is 10.1. The monoisotopic (exact) mass is 283 g/mol. The van der Waals surface area contributed by atoms with Gasteiger partial charge in [-0.1, -0.05) is 18.2 Å². The summed E-state index contributed by atoms with van der Waals surface area (Å²) in [6, 6.07) is 9.73. The average Bonchev–Trinajstić information content (AvgIpc) is 3.00. The Labute approximate surface area is 121 Å². The zero-order chi connectivity index (χ0) is 14.5. The lowest BCUT2D eigenvalue weighted by Gasteiger charge is -2.05. The van der Waals surface area contributed by atoms with E-state index in [2.05, 4.69) is 25.5 Å². The van der Waals surface area contributed by atoms with E-state index in [1.807, 2.05) is 30.3 Å². The smallest absolute Gasteiger partial charge is 0.252 e. The third-order valence-electron chi connectivity index (χ3n) is 3.38. The summed E-state index contributed by atoms with van der Waals surface area (Å²) < 4.78 is 0. The molecule has 0 saturated heterocycles. The second kappa shape index (κ2) is 6.32. The first-order valence-electron chi connectivity index (χ1n) is 6.99. The standard InChI is InChI=1S/C15H17N5O/c21-15-12(8-11-4-1-2-5-13(11)19-15)9-16-7-3-6-14-17-10-18-20-14/h1-2,4-5,8,10,16H,3,6-7,9H2,(H,19,21)(H,17,18,20). The molecule has 0 radical (unpaired) electrons. The number of fused-ring (bicyclic) bond motifs is 1. The molecule has 0 amide bonds. The molecular formula is C15H17N5O. The maximum atomic E-state index is 12.0. The molecule has 0 bridgehead atoms. The molecule has 1 aromatic carbocycles. The van der Waals surface area contributed by atoms with Gasteiger partial charge >= 0.3 is 0 Å². The fourth-order valence-electron chi connectivity index (χ4n) is 2.28. The van der Waals surface area contributed by atoms with E-state index >= 15 is 0 Å². The fourth-order valence-corrected chi connectivity index (χ4v) is 2.28. The molecule has 2 aromatic heterocycles. The first-order chi connectivity index (χ1) is 10.3. The van der Waals surface area contributed by atoms with Crippen molar-refractivity contribution in [1.82, 2.24) is 25.5 Å². The Bertz CT molecular complexity index is 763. The van der Waals surface area contributed by atoms with E-state index in [-0.39, 0.29) is 5.56 Å². The first-order valence-corrected chi connectivity index (χ1v) is 6.99. The summed E-state index contributed by atoms with van der Waals surface area (Å²) >= 11 is 0. The van der Waals surface area contributed by atoms with E-state index in [1.54, 1.807) is 0 Å². The number of hydrogen-bond donors (Lipinski definition) is 3. The zero-order valence-corrected chi connectivity index (χ0v) is 11.6. The molecule has 108 valence electrons. The molecule has 0 aliphatic carbocycles. The lowest BCUT2D eigenvalue weighted by Crippen LogP contribution is -2.22. The van der Waals surface area contributed by atoms with Crippen LogP contribution in [0.3, 0.4) is 0 Å². The maximum absolute atomic E-state index is 12.0. The molecule has 0 atom stereocenters. The Balaban J connectivity index is 1.55. The Kier molecular flexibility index (Phi) is 4.07. The number of aryl methyl sites for hydroxylation is 1. The van der Waals surface area contributed by atoms with E-state index < -0.39 is 0 Å². The largest absolute Gasteiger partial charge is 0.322 e. The number of benzene rings is 1. The molecule has 0 fully saturated rings. The summed E-state index contributed by atoms with van der Waals surface area (Å²) in [7, 11) is 0. The van der Waals surface area contributed by atoms with E-state index in [0.29, 0.717) is 6.54 Å². The molecule has 6 nitrogen and oxygen atoms in total. The predicted octanol–water partition coefficient (Wildman–Crippen LogP) is 1.37. The summed E-state index contributed by atoms with van der Waals surface area (Å²) in [6.45, 7) is 1.39. The topological polar surface area (TPSA) is 86.5 Å². The van der Waals surface area contributed by atoms with E-state index in [9.17, 15) is 4.79 Å². The molecular weight excluding hydrogens is 266 g/mol. The van der Waals surface area contributed by atoms with Crippen molar-refractivity contribution < 1.29 is 0 Å². The van der Waals surface area contributed by atoms with Crippen LogP contribution in [0.15, 0.2) is 41.5 Å². The zero-order valence-electron chi connectivity index (χ0n) is 11.6. The Hall–Kier alpha value is -2.47. The van der Waals surface area contributed by atoms with Gasteiger partial charge in [-0.2, -0.15) is 5.10 Å². The minimum atomic E-state index is -0.0311. The highest BCUT2D eigenvalue weighted by Crippen LogP contribution is 2.09. The van der Waals surface area contributed by atoms with Crippen LogP contribution >= 0.6 is 0 Å². The van der Waals surface area contributed by atoms with Crippen molar-refractivity contribution in [3.05, 3.63) is 58.4 Å². The number of aromatic amines is 2. The van der Waals surface area contributed by atoms with Gasteiger partial charge in [-0.15, -0.1) is 0 Å². The Morgan fingerprint density at radius 1 is 1.24 bits per heavy atom. The van der Waals surface area contributed by atoms with Crippen LogP contribution in [-0.2, 0) is 13.0 Å². The second-order valence-corrected chi connectivity index (χ2v) is 4.92. The van der Waals surface area contributed by atoms with Gasteiger partial charge in [0.1, 0.15) is 12.2 Å². The summed E-state index contributed by atoms with van der Waals surface area (Å²) in [5.74, 6) is 0.889. The van der Waals surface area contributed by atoms with Crippen molar-refractivity contribution in [2.45, 2.75) is 19.4 Å². The number of rotatable bonds is 6. The van der Waals surface area contributed by atoms with Crippen molar-refractivity contribution in [2.24, 2.45) is 0 Å². The molecule has 0 unspecified atom stereocenters. The van der Waals surface area contributed by atoms with E-state index in [0.717, 1.165) is 41.7 Å². The van der Waals surface area contributed by atoms with Gasteiger partial charge in [0.25, 0.3) is 5.56 Å². The third-order valence-corrected chi connectivity index (χ3v) is 3.38. The van der Waals surface area contributed by atoms with Gasteiger partial charge in [0.15, 0.2) is 0 Å². The van der Waals surface area contributed by atoms with Crippen LogP contribution in [0.2, 0.25) is 0 Å². The molecule has 0 aliphatic heterocycles. The van der Waals surface area contributed by atoms with Gasteiger partial charge in [0, 0.05) is 24.0 Å². The van der Waals surface area contributed by atoms with Crippen LogP contribution < -0.4 is 10.9 Å². The van der Waals surface area contributed by atoms with Gasteiger partial charge in [0.05, 0.1) is 0 Å². The molecule has 3 N–H and O–H groups in total. The number of nitrogens with one attached hydrogen (secondary N) is 3. The molecule has 3 aromatic rings. The van der Waals surface area contributed by atoms with Crippen LogP contribution in [-0.4, -0.2) is 26.7 Å². The minimum Gasteiger partial charge on any atom is -0.322 e. The van der Waals surface area contributed by atoms with Gasteiger partial charge in [-0.25, -0.2) is 4.98 Å². The molecule has 0 aliphatic rings. The van der Waals surface area contributed by atoms with E-state index in [1.165, 1.54) is 6.33 Å². The fraction of sp³-hybridized carbons (Fsp3) is 0.267. The highest BCUT2D eigenvalue weighted by atomic mass is 16.1. The minimum absolute atomic E-state index is 0.0311. The van der Waals surface area contributed by atoms with Crippen LogP contribution in [0.4, 0.5) is 0 Å². The number of para-hydroxylation sites is 1. The number of H-pyrrole nitrogens is 2. The average molecular weight is 283 g/mol. The molecule has 2 heterocycles. The third kappa shape index (κ3) is 3.35. The van der Waals surface area contributed by atoms with Crippen molar-refractivity contribution in [1.29, 1.82) is 0 Å². The molecule has 6 heteroatoms. The van der Waals surface area contributed by atoms with Crippen molar-refractivity contribution >= 4 is 10.9 Å².